The predicted octanol–water partition coefficient (Wildman–Crippen LogP) is 3.15. The van der Waals surface area contributed by atoms with Gasteiger partial charge in [0.2, 0.25) is 5.91 Å². The molecule has 14 heteroatoms. The summed E-state index contributed by atoms with van der Waals surface area (Å²) in [6, 6.07) is 13.3. The van der Waals surface area contributed by atoms with Gasteiger partial charge >= 0.3 is 0 Å². The summed E-state index contributed by atoms with van der Waals surface area (Å²) in [5.41, 5.74) is 1.63. The fraction of sp³-hybridized carbons (Fsp3) is 0.379. The van der Waals surface area contributed by atoms with Crippen LogP contribution in [0.3, 0.4) is 0 Å². The van der Waals surface area contributed by atoms with Crippen molar-refractivity contribution in [2.45, 2.75) is 32.1 Å². The Morgan fingerprint density at radius 2 is 0.837 bits per heavy atom. The van der Waals surface area contributed by atoms with Crippen molar-refractivity contribution in [3.8, 4) is 11.5 Å². The fourth-order valence-electron chi connectivity index (χ4n) is 3.54. The molecule has 43 heavy (non-hydrogen) atoms. The molecule has 9 nitrogen and oxygen atoms in total. The first-order valence-corrected chi connectivity index (χ1v) is 15.9. The molecule has 0 fully saturated rings. The maximum Gasteiger partial charge on any atom is 0.221 e. The molecule has 1 amide bonds. The molecule has 0 saturated heterocycles. The highest BCUT2D eigenvalue weighted by Gasteiger charge is 2.06. The molecule has 2 rings (SSSR count). The van der Waals surface area contributed by atoms with Crippen molar-refractivity contribution < 1.29 is 15.0 Å². The molecule has 0 aliphatic carbocycles. The van der Waals surface area contributed by atoms with Crippen molar-refractivity contribution in [1.82, 2.24) is 31.9 Å². The van der Waals surface area contributed by atoms with Gasteiger partial charge in [0.25, 0.3) is 0 Å². The molecule has 0 unspecified atom stereocenters. The van der Waals surface area contributed by atoms with Gasteiger partial charge in [-0.25, -0.2) is 0 Å². The molecule has 0 saturated carbocycles. The summed E-state index contributed by atoms with van der Waals surface area (Å²) >= 11 is 26.8. The Bertz CT molecular complexity index is 1150. The van der Waals surface area contributed by atoms with E-state index in [1.807, 2.05) is 0 Å². The minimum atomic E-state index is -0.0804. The summed E-state index contributed by atoms with van der Waals surface area (Å²) in [4.78, 5) is 15.4. The van der Waals surface area contributed by atoms with E-state index in [-0.39, 0.29) is 17.4 Å². The number of hydrogen-bond donors (Lipinski definition) is 8. The number of carbonyl (C=O) groups excluding carboxylic acids is 1. The second-order valence-electron chi connectivity index (χ2n) is 9.36. The lowest BCUT2D eigenvalue weighted by molar-refractivity contribution is -0.120. The Hall–Kier alpha value is -3.04. The van der Waals surface area contributed by atoms with Gasteiger partial charge < -0.3 is 42.1 Å². The van der Waals surface area contributed by atoms with Gasteiger partial charge in [0.05, 0.1) is 15.0 Å². The molecule has 0 radical (unpaired) electrons. The number of phenols is 2. The van der Waals surface area contributed by atoms with E-state index in [2.05, 4.69) is 31.9 Å². The predicted molar refractivity (Wildman–Crippen MR) is 194 cm³/mol. The Labute approximate surface area is 280 Å². The minimum absolute atomic E-state index is 0.0804. The number of benzene rings is 2. The topological polar surface area (TPSA) is 130 Å². The first-order chi connectivity index (χ1) is 20.6. The van der Waals surface area contributed by atoms with E-state index in [0.717, 1.165) is 34.1 Å². The first kappa shape index (κ1) is 36.2. The van der Waals surface area contributed by atoms with Crippen LogP contribution in [0.2, 0.25) is 0 Å². The van der Waals surface area contributed by atoms with Crippen LogP contribution < -0.4 is 31.9 Å². The molecule has 0 aromatic heterocycles. The van der Waals surface area contributed by atoms with Crippen LogP contribution in [-0.4, -0.2) is 80.3 Å². The van der Waals surface area contributed by atoms with Crippen molar-refractivity contribution in [1.29, 1.82) is 0 Å². The number of hydrogen-bond acceptors (Lipinski definition) is 8. The van der Waals surface area contributed by atoms with E-state index < -0.39 is 0 Å². The number of nitrogens with one attached hydrogen (secondary N) is 6. The van der Waals surface area contributed by atoms with Gasteiger partial charge in [0.1, 0.15) is 21.5 Å². The van der Waals surface area contributed by atoms with Gasteiger partial charge in [-0.2, -0.15) is 0 Å². The number of rotatable bonds is 18. The highest BCUT2D eigenvalue weighted by atomic mass is 32.1. The van der Waals surface area contributed by atoms with Crippen molar-refractivity contribution in [2.24, 2.45) is 0 Å². The first-order valence-electron chi connectivity index (χ1n) is 13.9. The largest absolute Gasteiger partial charge is 0.508 e. The van der Waals surface area contributed by atoms with Crippen LogP contribution in [0.15, 0.2) is 48.5 Å². The highest BCUT2D eigenvalue weighted by molar-refractivity contribution is 7.81. The summed E-state index contributed by atoms with van der Waals surface area (Å²) in [5.74, 6) is 0.302. The quantitative estimate of drug-likeness (QED) is 0.0870. The van der Waals surface area contributed by atoms with Gasteiger partial charge in [0, 0.05) is 76.1 Å². The van der Waals surface area contributed by atoms with Crippen molar-refractivity contribution in [2.75, 3.05) is 39.3 Å². The van der Waals surface area contributed by atoms with E-state index >= 15 is 0 Å². The Morgan fingerprint density at radius 1 is 0.488 bits per heavy atom. The highest BCUT2D eigenvalue weighted by Crippen LogP contribution is 2.10. The smallest absolute Gasteiger partial charge is 0.221 e. The summed E-state index contributed by atoms with van der Waals surface area (Å²) < 4.78 is 0. The Morgan fingerprint density at radius 3 is 1.28 bits per heavy atom. The average molecular weight is 679 g/mol. The van der Waals surface area contributed by atoms with Crippen LogP contribution in [0.4, 0.5) is 0 Å². The fourth-order valence-corrected chi connectivity index (χ4v) is 4.63. The minimum Gasteiger partial charge on any atom is -0.508 e. The molecule has 232 valence electrons. The normalized spacial score (nSPS) is 10.2. The van der Waals surface area contributed by atoms with Gasteiger partial charge in [-0.3, -0.25) is 4.79 Å². The van der Waals surface area contributed by atoms with E-state index in [4.69, 9.17) is 61.1 Å². The van der Waals surface area contributed by atoms with E-state index in [1.54, 1.807) is 48.5 Å². The van der Waals surface area contributed by atoms with Gasteiger partial charge in [-0.1, -0.05) is 61.1 Å². The maximum absolute atomic E-state index is 12.1. The monoisotopic (exact) mass is 678 g/mol. The number of phenolic OH excluding ortho intramolecular Hbond substituents is 2. The molecule has 0 atom stereocenters. The third-order valence-electron chi connectivity index (χ3n) is 5.88. The molecule has 0 bridgehead atoms. The third kappa shape index (κ3) is 16.4. The standard InChI is InChI=1S/C29H38N6O3S5/c36-22-6-2-20(3-7-22)28(42)34-16-10-24(38)30-17-11-25(39)31-14-1-15-32-26(40)12-18-33-27(41)13-19-35-29(43)21-4-8-23(37)9-5-21/h2-9,36-37H,1,10-19H2,(H,30,38)(H,31,39)(H,32,40)(H,33,41)(H,34,42)(H,35,43). The number of carbonyl (C=O) groups is 1. The molecule has 8 N–H and O–H groups in total. The summed E-state index contributed by atoms with van der Waals surface area (Å²) in [5, 5.41) is 37.4. The van der Waals surface area contributed by atoms with Crippen LogP contribution in [0.5, 0.6) is 11.5 Å². The molecular weight excluding hydrogens is 641 g/mol. The molecule has 0 aliphatic rings. The maximum atomic E-state index is 12.1. The summed E-state index contributed by atoms with van der Waals surface area (Å²) in [6.07, 6.45) is 3.03. The zero-order valence-electron chi connectivity index (χ0n) is 23.7. The van der Waals surface area contributed by atoms with Crippen LogP contribution in [0.1, 0.15) is 43.2 Å². The Balaban J connectivity index is 1.41. The molecule has 2 aromatic rings. The lowest BCUT2D eigenvalue weighted by atomic mass is 10.2. The van der Waals surface area contributed by atoms with Crippen molar-refractivity contribution >= 4 is 91.9 Å². The SMILES string of the molecule is O=C(CCNC(=S)c1ccc(O)cc1)NCCC(=S)NCCCNC(=S)CCNC(=S)CCNC(=S)c1ccc(O)cc1. The van der Waals surface area contributed by atoms with Gasteiger partial charge in [-0.05, 0) is 55.0 Å². The van der Waals surface area contributed by atoms with Crippen molar-refractivity contribution in [3.63, 3.8) is 0 Å². The van der Waals surface area contributed by atoms with Crippen LogP contribution in [-0.2, 0) is 4.79 Å². The molecule has 2 aromatic carbocycles. The zero-order chi connectivity index (χ0) is 31.5. The third-order valence-corrected chi connectivity index (χ3v) is 7.69. The Kier molecular flexibility index (Phi) is 17.5. The van der Waals surface area contributed by atoms with Gasteiger partial charge in [-0.15, -0.1) is 0 Å². The number of amides is 1. The van der Waals surface area contributed by atoms with E-state index in [0.29, 0.717) is 73.4 Å². The van der Waals surface area contributed by atoms with Crippen LogP contribution >= 0.6 is 61.1 Å². The summed E-state index contributed by atoms with van der Waals surface area (Å²) in [6.45, 7) is 3.59. The second kappa shape index (κ2) is 20.8. The molecule has 0 spiro atoms. The summed E-state index contributed by atoms with van der Waals surface area (Å²) in [7, 11) is 0. The molecule has 0 aliphatic heterocycles. The van der Waals surface area contributed by atoms with Crippen LogP contribution in [0, 0.1) is 0 Å². The van der Waals surface area contributed by atoms with E-state index in [9.17, 15) is 15.0 Å². The zero-order valence-corrected chi connectivity index (χ0v) is 27.8. The number of aromatic hydroxyl groups is 2. The average Bonchev–Trinajstić information content (AvgIpc) is 2.97. The van der Waals surface area contributed by atoms with E-state index in [1.165, 1.54) is 0 Å². The molecular formula is C29H38N6O3S5. The lowest BCUT2D eigenvalue weighted by Gasteiger charge is -2.12. The van der Waals surface area contributed by atoms with Crippen LogP contribution in [0.25, 0.3) is 0 Å². The number of thiocarbonyl (C=S) groups is 5. The molecule has 0 heterocycles. The van der Waals surface area contributed by atoms with Gasteiger partial charge in [0.15, 0.2) is 0 Å². The second-order valence-corrected chi connectivity index (χ2v) is 11.7. The van der Waals surface area contributed by atoms with Crippen molar-refractivity contribution in [3.05, 3.63) is 59.7 Å². The lowest BCUT2D eigenvalue weighted by Crippen LogP contribution is -2.34.